The number of Topliss-reactive ketones (excluding diaryl/α,β-unsaturated/α-hetero) is 1. The first-order chi connectivity index (χ1) is 14.4. The van der Waals surface area contributed by atoms with Gasteiger partial charge in [0.15, 0.2) is 5.78 Å². The monoisotopic (exact) mass is 407 g/mol. The molecule has 0 unspecified atom stereocenters. The maximum atomic E-state index is 12.2. The van der Waals surface area contributed by atoms with Gasteiger partial charge in [-0.1, -0.05) is 60.7 Å². The molecule has 0 saturated carbocycles. The topological polar surface area (TPSA) is 73.9 Å². The van der Waals surface area contributed by atoms with Crippen LogP contribution in [0.5, 0.6) is 0 Å². The smallest absolute Gasteiger partial charge is 0.330 e. The maximum absolute atomic E-state index is 12.2. The molecule has 4 rings (SSSR count). The number of nitrogens with one attached hydrogen (secondary N) is 1. The first kappa shape index (κ1) is 20.3. The summed E-state index contributed by atoms with van der Waals surface area (Å²) in [6, 6.07) is 19.1. The van der Waals surface area contributed by atoms with Crippen LogP contribution >= 0.6 is 0 Å². The summed E-state index contributed by atoms with van der Waals surface area (Å²) in [5, 5.41) is 2.85. The lowest BCUT2D eigenvalue weighted by molar-refractivity contribution is -0.336. The fraction of sp³-hybridized carbons (Fsp3) is 0.333. The predicted molar refractivity (Wildman–Crippen MR) is 110 cm³/mol. The quantitative estimate of drug-likeness (QED) is 0.831. The molecule has 2 aromatic carbocycles. The third kappa shape index (κ3) is 3.88. The van der Waals surface area contributed by atoms with E-state index in [4.69, 9.17) is 14.2 Å². The standard InChI is InChI=1S/C24H25NO5/c1-15(26)21-16(2)28-24(14-20(21)25-17(3)27)29-22(18-10-6-4-7-11-18)23(30-24)19-12-8-5-9-13-19/h4-13,20,22-23H,14H2,1-3H3,(H,25,27)/t20-,22+,23+/m1/s1. The summed E-state index contributed by atoms with van der Waals surface area (Å²) in [4.78, 5) is 24.0. The summed E-state index contributed by atoms with van der Waals surface area (Å²) in [7, 11) is 0. The first-order valence-electron chi connectivity index (χ1n) is 10.0. The lowest BCUT2D eigenvalue weighted by Gasteiger charge is -2.38. The molecule has 2 heterocycles. The fourth-order valence-corrected chi connectivity index (χ4v) is 4.24. The molecular formula is C24H25NO5. The van der Waals surface area contributed by atoms with Gasteiger partial charge >= 0.3 is 5.97 Å². The van der Waals surface area contributed by atoms with Gasteiger partial charge in [-0.25, -0.2) is 0 Å². The minimum atomic E-state index is -1.41. The van der Waals surface area contributed by atoms with Crippen LogP contribution < -0.4 is 5.32 Å². The van der Waals surface area contributed by atoms with Gasteiger partial charge in [0.25, 0.3) is 0 Å². The number of carbonyl (C=O) groups excluding carboxylic acids is 2. The molecule has 2 aliphatic rings. The van der Waals surface area contributed by atoms with Crippen LogP contribution in [0.1, 0.15) is 50.5 Å². The van der Waals surface area contributed by atoms with E-state index in [1.807, 2.05) is 60.7 Å². The molecule has 1 spiro atoms. The van der Waals surface area contributed by atoms with Crippen LogP contribution in [0.15, 0.2) is 72.0 Å². The molecule has 2 aliphatic heterocycles. The van der Waals surface area contributed by atoms with Crippen molar-refractivity contribution in [2.75, 3.05) is 0 Å². The van der Waals surface area contributed by atoms with Gasteiger partial charge in [-0.15, -0.1) is 0 Å². The molecule has 1 N–H and O–H groups in total. The molecule has 6 nitrogen and oxygen atoms in total. The Kier molecular flexibility index (Phi) is 5.45. The second-order valence-corrected chi connectivity index (χ2v) is 7.67. The summed E-state index contributed by atoms with van der Waals surface area (Å²) in [6.07, 6.45) is -0.637. The molecule has 0 bridgehead atoms. The minimum Gasteiger partial charge on any atom is -0.443 e. The predicted octanol–water partition coefficient (Wildman–Crippen LogP) is 3.96. The molecule has 1 amide bonds. The van der Waals surface area contributed by atoms with Crippen molar-refractivity contribution >= 4 is 11.7 Å². The Morgan fingerprint density at radius 1 is 0.900 bits per heavy atom. The highest BCUT2D eigenvalue weighted by Gasteiger charge is 2.55. The number of carbonyl (C=O) groups is 2. The van der Waals surface area contributed by atoms with Crippen LogP contribution in [0.4, 0.5) is 0 Å². The van der Waals surface area contributed by atoms with Crippen molar-refractivity contribution in [2.45, 2.75) is 51.4 Å². The Morgan fingerprint density at radius 3 is 1.83 bits per heavy atom. The maximum Gasteiger partial charge on any atom is 0.330 e. The number of rotatable bonds is 4. The van der Waals surface area contributed by atoms with Crippen molar-refractivity contribution in [3.05, 3.63) is 83.1 Å². The Labute approximate surface area is 175 Å². The summed E-state index contributed by atoms with van der Waals surface area (Å²) in [5.74, 6) is -1.40. The Hall–Kier alpha value is -2.96. The van der Waals surface area contributed by atoms with Gasteiger partial charge in [0, 0.05) is 6.92 Å². The molecule has 0 radical (unpaired) electrons. The summed E-state index contributed by atoms with van der Waals surface area (Å²) >= 11 is 0. The van der Waals surface area contributed by atoms with E-state index < -0.39 is 24.2 Å². The molecule has 1 fully saturated rings. The zero-order valence-corrected chi connectivity index (χ0v) is 17.3. The van der Waals surface area contributed by atoms with Crippen LogP contribution in [0.2, 0.25) is 0 Å². The van der Waals surface area contributed by atoms with Crippen molar-refractivity contribution in [3.8, 4) is 0 Å². The highest BCUT2D eigenvalue weighted by molar-refractivity contribution is 5.95. The van der Waals surface area contributed by atoms with Gasteiger partial charge in [0.2, 0.25) is 5.91 Å². The summed E-state index contributed by atoms with van der Waals surface area (Å²) in [5.41, 5.74) is 2.35. The molecular weight excluding hydrogens is 382 g/mol. The van der Waals surface area contributed by atoms with E-state index in [2.05, 4.69) is 5.32 Å². The van der Waals surface area contributed by atoms with E-state index in [0.717, 1.165) is 11.1 Å². The average molecular weight is 407 g/mol. The molecule has 30 heavy (non-hydrogen) atoms. The van der Waals surface area contributed by atoms with Crippen LogP contribution in [0.3, 0.4) is 0 Å². The van der Waals surface area contributed by atoms with Crippen molar-refractivity contribution in [1.82, 2.24) is 5.32 Å². The average Bonchev–Trinajstić information content (AvgIpc) is 3.06. The van der Waals surface area contributed by atoms with E-state index in [1.165, 1.54) is 13.8 Å². The SMILES string of the molecule is CC(=O)N[C@@H]1CC2(OC(C)=C1C(C)=O)O[C@@H](c1ccccc1)[C@H](c1ccccc1)O2. The number of hydrogen-bond donors (Lipinski definition) is 1. The number of ketones is 1. The number of benzene rings is 2. The fourth-order valence-electron chi connectivity index (χ4n) is 4.24. The van der Waals surface area contributed by atoms with E-state index in [-0.39, 0.29) is 18.1 Å². The van der Waals surface area contributed by atoms with Gasteiger partial charge < -0.3 is 19.5 Å². The van der Waals surface area contributed by atoms with Crippen LogP contribution in [0, 0.1) is 0 Å². The number of ether oxygens (including phenoxy) is 3. The first-order valence-corrected chi connectivity index (χ1v) is 10.0. The van der Waals surface area contributed by atoms with Crippen LogP contribution in [-0.4, -0.2) is 23.7 Å². The summed E-state index contributed by atoms with van der Waals surface area (Å²) < 4.78 is 18.9. The number of amides is 1. The minimum absolute atomic E-state index is 0.154. The lowest BCUT2D eigenvalue weighted by Crippen LogP contribution is -2.49. The van der Waals surface area contributed by atoms with Gasteiger partial charge in [-0.2, -0.15) is 0 Å². The lowest BCUT2D eigenvalue weighted by atomic mass is 9.95. The van der Waals surface area contributed by atoms with Crippen LogP contribution in [0.25, 0.3) is 0 Å². The van der Waals surface area contributed by atoms with E-state index in [9.17, 15) is 9.59 Å². The van der Waals surface area contributed by atoms with Crippen molar-refractivity contribution in [3.63, 3.8) is 0 Å². The van der Waals surface area contributed by atoms with Crippen molar-refractivity contribution in [2.24, 2.45) is 0 Å². The molecule has 0 aromatic heterocycles. The second-order valence-electron chi connectivity index (χ2n) is 7.67. The highest BCUT2D eigenvalue weighted by atomic mass is 16.9. The van der Waals surface area contributed by atoms with Gasteiger partial charge in [0.1, 0.15) is 18.0 Å². The van der Waals surface area contributed by atoms with Gasteiger partial charge in [-0.05, 0) is 25.0 Å². The second kappa shape index (κ2) is 8.05. The van der Waals surface area contributed by atoms with E-state index in [0.29, 0.717) is 11.3 Å². The highest BCUT2D eigenvalue weighted by Crippen LogP contribution is 2.51. The zero-order chi connectivity index (χ0) is 21.3. The molecule has 0 aliphatic carbocycles. The molecule has 3 atom stereocenters. The van der Waals surface area contributed by atoms with Crippen molar-refractivity contribution < 1.29 is 23.8 Å². The number of hydrogen-bond acceptors (Lipinski definition) is 5. The van der Waals surface area contributed by atoms with Crippen molar-refractivity contribution in [1.29, 1.82) is 0 Å². The third-order valence-corrected chi connectivity index (χ3v) is 5.39. The molecule has 2 aromatic rings. The Morgan fingerprint density at radius 2 is 1.40 bits per heavy atom. The summed E-state index contributed by atoms with van der Waals surface area (Å²) in [6.45, 7) is 4.59. The molecule has 1 saturated heterocycles. The number of allylic oxidation sites excluding steroid dienone is 1. The molecule has 6 heteroatoms. The Balaban J connectivity index is 1.73. The van der Waals surface area contributed by atoms with Gasteiger partial charge in [0.05, 0.1) is 18.0 Å². The zero-order valence-electron chi connectivity index (χ0n) is 17.3. The Bertz CT molecular complexity index is 922. The van der Waals surface area contributed by atoms with E-state index in [1.54, 1.807) is 6.92 Å². The molecule has 156 valence electrons. The largest absolute Gasteiger partial charge is 0.443 e. The van der Waals surface area contributed by atoms with E-state index >= 15 is 0 Å². The normalized spacial score (nSPS) is 25.1. The van der Waals surface area contributed by atoms with Crippen LogP contribution in [-0.2, 0) is 23.8 Å². The van der Waals surface area contributed by atoms with Gasteiger partial charge in [-0.3, -0.25) is 9.59 Å². The third-order valence-electron chi connectivity index (χ3n) is 5.39.